The first kappa shape index (κ1) is 15.1. The quantitative estimate of drug-likeness (QED) is 0.640. The van der Waals surface area contributed by atoms with Crippen molar-refractivity contribution < 1.29 is 9.66 Å². The molecule has 0 bridgehead atoms. The number of ether oxygens (including phenoxy) is 1. The summed E-state index contributed by atoms with van der Waals surface area (Å²) in [6.07, 6.45) is 0. The van der Waals surface area contributed by atoms with Crippen LogP contribution < -0.4 is 10.1 Å². The predicted molar refractivity (Wildman–Crippen MR) is 83.0 cm³/mol. The van der Waals surface area contributed by atoms with Crippen molar-refractivity contribution in [1.29, 1.82) is 0 Å². The molecule has 0 saturated heterocycles. The number of hydrogen-bond donors (Lipinski definition) is 1. The first-order valence-electron chi connectivity index (χ1n) is 6.50. The van der Waals surface area contributed by atoms with Crippen molar-refractivity contribution >= 4 is 23.0 Å². The summed E-state index contributed by atoms with van der Waals surface area (Å²) >= 11 is 5.79. The van der Waals surface area contributed by atoms with Crippen molar-refractivity contribution in [3.8, 4) is 5.75 Å². The van der Waals surface area contributed by atoms with Gasteiger partial charge in [0.2, 0.25) is 0 Å². The van der Waals surface area contributed by atoms with E-state index in [0.29, 0.717) is 13.2 Å². The van der Waals surface area contributed by atoms with Gasteiger partial charge in [-0.25, -0.2) is 0 Å². The highest BCUT2D eigenvalue weighted by Crippen LogP contribution is 2.27. The zero-order chi connectivity index (χ0) is 15.2. The molecular weight excluding hydrogens is 292 g/mol. The molecule has 0 fully saturated rings. The number of nitro groups is 1. The fourth-order valence-electron chi connectivity index (χ4n) is 1.90. The third-order valence-corrected chi connectivity index (χ3v) is 3.20. The minimum absolute atomic E-state index is 0.0888. The van der Waals surface area contributed by atoms with Gasteiger partial charge in [0.15, 0.2) is 0 Å². The summed E-state index contributed by atoms with van der Waals surface area (Å²) in [5, 5.41) is 14.2. The number of nitrogens with one attached hydrogen (secondary N) is 1. The van der Waals surface area contributed by atoms with Crippen LogP contribution in [-0.2, 0) is 6.54 Å². The van der Waals surface area contributed by atoms with Crippen molar-refractivity contribution in [3.05, 3.63) is 63.2 Å². The highest BCUT2D eigenvalue weighted by molar-refractivity contribution is 6.32. The van der Waals surface area contributed by atoms with Gasteiger partial charge in [-0.3, -0.25) is 10.1 Å². The first-order chi connectivity index (χ1) is 10.1. The largest absolute Gasteiger partial charge is 0.492 e. The Hall–Kier alpha value is -2.27. The zero-order valence-corrected chi connectivity index (χ0v) is 12.3. The van der Waals surface area contributed by atoms with Gasteiger partial charge in [0.1, 0.15) is 10.8 Å². The van der Waals surface area contributed by atoms with Gasteiger partial charge in [0.05, 0.1) is 17.2 Å². The van der Waals surface area contributed by atoms with E-state index in [-0.39, 0.29) is 10.7 Å². The molecular formula is C15H15ClN2O3. The third-order valence-electron chi connectivity index (χ3n) is 2.88. The van der Waals surface area contributed by atoms with E-state index in [2.05, 4.69) is 5.32 Å². The van der Waals surface area contributed by atoms with Crippen LogP contribution in [0.5, 0.6) is 5.75 Å². The maximum atomic E-state index is 10.9. The summed E-state index contributed by atoms with van der Waals surface area (Å²) in [5.41, 5.74) is 1.53. The van der Waals surface area contributed by atoms with Crippen LogP contribution in [0.1, 0.15) is 12.5 Å². The normalized spacial score (nSPS) is 10.2. The van der Waals surface area contributed by atoms with E-state index < -0.39 is 4.92 Å². The lowest BCUT2D eigenvalue weighted by Gasteiger charge is -2.12. The minimum atomic E-state index is -0.486. The number of benzene rings is 2. The molecule has 5 nitrogen and oxygen atoms in total. The zero-order valence-electron chi connectivity index (χ0n) is 11.5. The maximum absolute atomic E-state index is 10.9. The fourth-order valence-corrected chi connectivity index (χ4v) is 2.09. The van der Waals surface area contributed by atoms with E-state index in [9.17, 15) is 10.1 Å². The lowest BCUT2D eigenvalue weighted by molar-refractivity contribution is -0.384. The Kier molecular flexibility index (Phi) is 5.00. The lowest BCUT2D eigenvalue weighted by Crippen LogP contribution is -2.03. The van der Waals surface area contributed by atoms with Crippen LogP contribution in [0.3, 0.4) is 0 Å². The molecule has 0 unspecified atom stereocenters. The molecule has 0 aliphatic rings. The molecule has 21 heavy (non-hydrogen) atoms. The highest BCUT2D eigenvalue weighted by atomic mass is 35.5. The Bertz CT molecular complexity index is 647. The summed E-state index contributed by atoms with van der Waals surface area (Å²) in [4.78, 5) is 10.4. The SMILES string of the molecule is CCOc1ccccc1NCc1ccc(Cl)c([N+](=O)[O-])c1. The second kappa shape index (κ2) is 6.95. The van der Waals surface area contributed by atoms with Crippen molar-refractivity contribution in [2.75, 3.05) is 11.9 Å². The minimum Gasteiger partial charge on any atom is -0.492 e. The molecule has 0 aromatic heterocycles. The Morgan fingerprint density at radius 1 is 1.29 bits per heavy atom. The summed E-state index contributed by atoms with van der Waals surface area (Å²) in [6, 6.07) is 12.3. The summed E-state index contributed by atoms with van der Waals surface area (Å²) in [5.74, 6) is 0.753. The Labute approximate surface area is 127 Å². The molecule has 6 heteroatoms. The lowest BCUT2D eigenvalue weighted by atomic mass is 10.2. The number of halogens is 1. The molecule has 0 aliphatic heterocycles. The number of para-hydroxylation sites is 2. The number of nitro benzene ring substituents is 1. The summed E-state index contributed by atoms with van der Waals surface area (Å²) in [7, 11) is 0. The second-order valence-corrected chi connectivity index (χ2v) is 4.73. The van der Waals surface area contributed by atoms with Gasteiger partial charge in [-0.15, -0.1) is 0 Å². The summed E-state index contributed by atoms with van der Waals surface area (Å²) < 4.78 is 5.51. The molecule has 0 spiro atoms. The molecule has 0 atom stereocenters. The van der Waals surface area contributed by atoms with Crippen LogP contribution in [0.4, 0.5) is 11.4 Å². The number of nitrogens with zero attached hydrogens (tertiary/aromatic N) is 1. The van der Waals surface area contributed by atoms with Crippen LogP contribution in [0.25, 0.3) is 0 Å². The Morgan fingerprint density at radius 2 is 2.05 bits per heavy atom. The van der Waals surface area contributed by atoms with Crippen molar-refractivity contribution in [3.63, 3.8) is 0 Å². The average Bonchev–Trinajstić information content (AvgIpc) is 2.47. The van der Waals surface area contributed by atoms with Crippen LogP contribution in [0, 0.1) is 10.1 Å². The molecule has 2 aromatic carbocycles. The molecule has 0 radical (unpaired) electrons. The molecule has 1 N–H and O–H groups in total. The van der Waals surface area contributed by atoms with Gasteiger partial charge >= 0.3 is 0 Å². The van der Waals surface area contributed by atoms with E-state index in [1.165, 1.54) is 12.1 Å². The molecule has 2 aromatic rings. The van der Waals surface area contributed by atoms with Crippen molar-refractivity contribution in [2.24, 2.45) is 0 Å². The smallest absolute Gasteiger partial charge is 0.288 e. The van der Waals surface area contributed by atoms with Crippen LogP contribution in [0.2, 0.25) is 5.02 Å². The van der Waals surface area contributed by atoms with Crippen molar-refractivity contribution in [2.45, 2.75) is 13.5 Å². The number of anilines is 1. The molecule has 110 valence electrons. The van der Waals surface area contributed by atoms with Gasteiger partial charge < -0.3 is 10.1 Å². The second-order valence-electron chi connectivity index (χ2n) is 4.33. The van der Waals surface area contributed by atoms with E-state index in [4.69, 9.17) is 16.3 Å². The Morgan fingerprint density at radius 3 is 2.76 bits per heavy atom. The molecule has 0 aliphatic carbocycles. The molecule has 0 heterocycles. The predicted octanol–water partition coefficient (Wildman–Crippen LogP) is 4.26. The van der Waals surface area contributed by atoms with Gasteiger partial charge in [-0.1, -0.05) is 29.8 Å². The van der Waals surface area contributed by atoms with E-state index in [1.807, 2.05) is 31.2 Å². The van der Waals surface area contributed by atoms with Crippen LogP contribution >= 0.6 is 11.6 Å². The van der Waals surface area contributed by atoms with Crippen LogP contribution in [-0.4, -0.2) is 11.5 Å². The fraction of sp³-hybridized carbons (Fsp3) is 0.200. The Balaban J connectivity index is 2.13. The van der Waals surface area contributed by atoms with Crippen molar-refractivity contribution in [1.82, 2.24) is 0 Å². The van der Waals surface area contributed by atoms with E-state index in [1.54, 1.807) is 6.07 Å². The van der Waals surface area contributed by atoms with Gasteiger partial charge in [0.25, 0.3) is 5.69 Å². The maximum Gasteiger partial charge on any atom is 0.288 e. The van der Waals surface area contributed by atoms with E-state index in [0.717, 1.165) is 17.0 Å². The van der Waals surface area contributed by atoms with Gasteiger partial charge in [-0.05, 0) is 30.7 Å². The molecule has 2 rings (SSSR count). The van der Waals surface area contributed by atoms with Gasteiger partial charge in [-0.2, -0.15) is 0 Å². The first-order valence-corrected chi connectivity index (χ1v) is 6.88. The number of hydrogen-bond acceptors (Lipinski definition) is 4. The third kappa shape index (κ3) is 3.86. The van der Waals surface area contributed by atoms with Gasteiger partial charge in [0, 0.05) is 12.6 Å². The average molecular weight is 307 g/mol. The monoisotopic (exact) mass is 306 g/mol. The van der Waals surface area contributed by atoms with Crippen LogP contribution in [0.15, 0.2) is 42.5 Å². The number of rotatable bonds is 6. The molecule has 0 saturated carbocycles. The molecule has 0 amide bonds. The standard InChI is InChI=1S/C15H15ClN2O3/c1-2-21-15-6-4-3-5-13(15)17-10-11-7-8-12(16)14(9-11)18(19)20/h3-9,17H,2,10H2,1H3. The van der Waals surface area contributed by atoms with E-state index >= 15 is 0 Å². The highest BCUT2D eigenvalue weighted by Gasteiger charge is 2.12. The summed E-state index contributed by atoms with van der Waals surface area (Å²) in [6.45, 7) is 2.94. The topological polar surface area (TPSA) is 64.4 Å².